The zero-order valence-corrected chi connectivity index (χ0v) is 19.0. The Hall–Kier alpha value is -2.29. The molecular formula is C22H25N3O3S2. The van der Waals surface area contributed by atoms with Crippen LogP contribution in [-0.4, -0.2) is 36.3 Å². The van der Waals surface area contributed by atoms with E-state index in [4.69, 9.17) is 0 Å². The average Bonchev–Trinajstić information content (AvgIpc) is 3.36. The second-order valence-electron chi connectivity index (χ2n) is 7.61. The molecule has 1 saturated heterocycles. The van der Waals surface area contributed by atoms with Crippen molar-refractivity contribution in [3.05, 3.63) is 57.9 Å². The van der Waals surface area contributed by atoms with Gasteiger partial charge in [0.1, 0.15) is 0 Å². The molecule has 0 radical (unpaired) electrons. The van der Waals surface area contributed by atoms with Gasteiger partial charge in [-0.25, -0.2) is 8.42 Å². The molecule has 6 nitrogen and oxygen atoms in total. The molecule has 0 aliphatic carbocycles. The van der Waals surface area contributed by atoms with Gasteiger partial charge in [0, 0.05) is 25.2 Å². The number of carbonyl (C=O) groups is 1. The molecule has 1 aromatic heterocycles. The molecule has 2 aromatic carbocycles. The summed E-state index contributed by atoms with van der Waals surface area (Å²) in [6.07, 6.45) is 1.78. The van der Waals surface area contributed by atoms with E-state index in [0.29, 0.717) is 30.0 Å². The summed E-state index contributed by atoms with van der Waals surface area (Å²) >= 11 is 1.50. The highest BCUT2D eigenvalue weighted by atomic mass is 32.2. The van der Waals surface area contributed by atoms with Crippen LogP contribution in [0, 0.1) is 13.8 Å². The van der Waals surface area contributed by atoms with Crippen LogP contribution in [-0.2, 0) is 16.6 Å². The molecule has 0 atom stereocenters. The van der Waals surface area contributed by atoms with Crippen LogP contribution < -0.4 is 4.80 Å². The number of aromatic nitrogens is 1. The van der Waals surface area contributed by atoms with Crippen molar-refractivity contribution in [1.82, 2.24) is 8.87 Å². The molecule has 0 unspecified atom stereocenters. The monoisotopic (exact) mass is 443 g/mol. The lowest BCUT2D eigenvalue weighted by Crippen LogP contribution is -2.27. The van der Waals surface area contributed by atoms with Gasteiger partial charge in [0.2, 0.25) is 10.0 Å². The van der Waals surface area contributed by atoms with E-state index >= 15 is 0 Å². The van der Waals surface area contributed by atoms with Crippen LogP contribution in [0.25, 0.3) is 10.2 Å². The van der Waals surface area contributed by atoms with Gasteiger partial charge in [-0.15, -0.1) is 0 Å². The first-order valence-electron chi connectivity index (χ1n) is 10.1. The third kappa shape index (κ3) is 3.75. The average molecular weight is 444 g/mol. The van der Waals surface area contributed by atoms with Gasteiger partial charge in [-0.2, -0.15) is 9.30 Å². The summed E-state index contributed by atoms with van der Waals surface area (Å²) in [5.74, 6) is -0.372. The topological polar surface area (TPSA) is 71.7 Å². The summed E-state index contributed by atoms with van der Waals surface area (Å²) in [5.41, 5.74) is 3.82. The van der Waals surface area contributed by atoms with Crippen LogP contribution in [0.5, 0.6) is 0 Å². The molecular weight excluding hydrogens is 418 g/mol. The van der Waals surface area contributed by atoms with Gasteiger partial charge in [0.15, 0.2) is 4.80 Å². The van der Waals surface area contributed by atoms with E-state index in [-0.39, 0.29) is 10.8 Å². The van der Waals surface area contributed by atoms with Gasteiger partial charge in [0.25, 0.3) is 5.91 Å². The van der Waals surface area contributed by atoms with Crippen LogP contribution in [0.1, 0.15) is 41.3 Å². The molecule has 4 rings (SSSR count). The van der Waals surface area contributed by atoms with Crippen molar-refractivity contribution in [3.8, 4) is 0 Å². The number of nitrogens with zero attached hydrogens (tertiary/aromatic N) is 3. The maximum Gasteiger partial charge on any atom is 0.279 e. The summed E-state index contributed by atoms with van der Waals surface area (Å²) in [7, 11) is -3.49. The maximum atomic E-state index is 12.8. The number of thiazole rings is 1. The highest BCUT2D eigenvalue weighted by molar-refractivity contribution is 7.89. The number of rotatable bonds is 4. The van der Waals surface area contributed by atoms with Gasteiger partial charge in [0.05, 0.1) is 15.1 Å². The van der Waals surface area contributed by atoms with Crippen molar-refractivity contribution >= 4 is 37.5 Å². The minimum absolute atomic E-state index is 0.220. The van der Waals surface area contributed by atoms with E-state index in [1.165, 1.54) is 33.3 Å². The van der Waals surface area contributed by atoms with Crippen LogP contribution >= 0.6 is 11.3 Å². The minimum Gasteiger partial charge on any atom is -0.316 e. The summed E-state index contributed by atoms with van der Waals surface area (Å²) in [5, 5.41) is 0. The predicted molar refractivity (Wildman–Crippen MR) is 119 cm³/mol. The van der Waals surface area contributed by atoms with E-state index in [0.717, 1.165) is 28.6 Å². The second-order valence-corrected chi connectivity index (χ2v) is 10.6. The first kappa shape index (κ1) is 21.0. The van der Waals surface area contributed by atoms with Gasteiger partial charge >= 0.3 is 0 Å². The number of amides is 1. The lowest BCUT2D eigenvalue weighted by Gasteiger charge is -2.15. The highest BCUT2D eigenvalue weighted by Gasteiger charge is 2.27. The van der Waals surface area contributed by atoms with Crippen molar-refractivity contribution in [2.45, 2.75) is 45.1 Å². The Labute approximate surface area is 180 Å². The second kappa shape index (κ2) is 8.09. The van der Waals surface area contributed by atoms with Crippen LogP contribution in [0.15, 0.2) is 46.3 Å². The smallest absolute Gasteiger partial charge is 0.279 e. The lowest BCUT2D eigenvalue weighted by atomic mass is 10.1. The zero-order valence-electron chi connectivity index (χ0n) is 17.4. The molecule has 1 amide bonds. The molecule has 158 valence electrons. The van der Waals surface area contributed by atoms with Gasteiger partial charge in [-0.3, -0.25) is 4.79 Å². The minimum atomic E-state index is -3.49. The fourth-order valence-electron chi connectivity index (χ4n) is 3.97. The van der Waals surface area contributed by atoms with Crippen molar-refractivity contribution in [2.75, 3.05) is 13.1 Å². The first-order valence-corrected chi connectivity index (χ1v) is 12.4. The van der Waals surface area contributed by atoms with Crippen molar-refractivity contribution in [1.29, 1.82) is 0 Å². The molecule has 2 heterocycles. The largest absolute Gasteiger partial charge is 0.316 e. The Morgan fingerprint density at radius 1 is 1.10 bits per heavy atom. The Morgan fingerprint density at radius 2 is 1.77 bits per heavy atom. The molecule has 0 bridgehead atoms. The third-order valence-corrected chi connectivity index (χ3v) is 8.37. The quantitative estimate of drug-likeness (QED) is 0.615. The summed E-state index contributed by atoms with van der Waals surface area (Å²) in [6.45, 7) is 7.98. The summed E-state index contributed by atoms with van der Waals surface area (Å²) in [6, 6.07) is 10.3. The molecule has 3 aromatic rings. The summed E-state index contributed by atoms with van der Waals surface area (Å²) < 4.78 is 30.0. The van der Waals surface area contributed by atoms with Gasteiger partial charge in [-0.1, -0.05) is 17.4 Å². The number of fused-ring (bicyclic) bond motifs is 1. The molecule has 0 N–H and O–H groups in total. The molecule has 30 heavy (non-hydrogen) atoms. The number of carbonyl (C=O) groups excluding carboxylic acids is 1. The van der Waals surface area contributed by atoms with Crippen molar-refractivity contribution < 1.29 is 13.2 Å². The Bertz CT molecular complexity index is 1280. The normalized spacial score (nSPS) is 15.9. The highest BCUT2D eigenvalue weighted by Crippen LogP contribution is 2.24. The van der Waals surface area contributed by atoms with E-state index in [1.807, 2.05) is 6.92 Å². The third-order valence-electron chi connectivity index (χ3n) is 5.43. The number of sulfonamides is 1. The fourth-order valence-corrected chi connectivity index (χ4v) is 6.75. The fraction of sp³-hybridized carbons (Fsp3) is 0.364. The lowest BCUT2D eigenvalue weighted by molar-refractivity contribution is 0.0997. The van der Waals surface area contributed by atoms with Gasteiger partial charge in [-0.05, 0) is 75.1 Å². The number of hydrogen-bond donors (Lipinski definition) is 0. The van der Waals surface area contributed by atoms with Gasteiger partial charge < -0.3 is 4.57 Å². The molecule has 1 aliphatic heterocycles. The standard InChI is InChI=1S/C22H25N3O3S2/c1-4-25-20-16(3)13-15(2)14-19(20)29-22(25)23-21(26)17-7-9-18(10-8-17)30(27,28)24-11-5-6-12-24/h7-10,13-14H,4-6,11-12H2,1-3H3. The Balaban J connectivity index is 1.69. The molecule has 0 spiro atoms. The molecule has 0 saturated carbocycles. The first-order chi connectivity index (χ1) is 14.3. The number of hydrogen-bond acceptors (Lipinski definition) is 4. The van der Waals surface area contributed by atoms with E-state index in [1.54, 1.807) is 12.1 Å². The zero-order chi connectivity index (χ0) is 21.5. The van der Waals surface area contributed by atoms with Crippen LogP contribution in [0.2, 0.25) is 0 Å². The Kier molecular flexibility index (Phi) is 5.65. The molecule has 1 aliphatic rings. The van der Waals surface area contributed by atoms with Crippen LogP contribution in [0.4, 0.5) is 0 Å². The predicted octanol–water partition coefficient (Wildman–Crippen LogP) is 3.87. The van der Waals surface area contributed by atoms with Crippen LogP contribution in [0.3, 0.4) is 0 Å². The van der Waals surface area contributed by atoms with E-state index < -0.39 is 10.0 Å². The number of benzene rings is 2. The molecule has 8 heteroatoms. The maximum absolute atomic E-state index is 12.8. The van der Waals surface area contributed by atoms with Crippen molar-refractivity contribution in [2.24, 2.45) is 4.99 Å². The van der Waals surface area contributed by atoms with Crippen molar-refractivity contribution in [3.63, 3.8) is 0 Å². The Morgan fingerprint density at radius 3 is 2.40 bits per heavy atom. The number of aryl methyl sites for hydroxylation is 3. The van der Waals surface area contributed by atoms with E-state index in [9.17, 15) is 13.2 Å². The molecule has 1 fully saturated rings. The SMILES string of the molecule is CCn1c(=NC(=O)c2ccc(S(=O)(=O)N3CCCC3)cc2)sc2cc(C)cc(C)c21. The summed E-state index contributed by atoms with van der Waals surface area (Å²) in [4.78, 5) is 18.0. The van der Waals surface area contributed by atoms with E-state index in [2.05, 4.69) is 35.5 Å².